The molecule has 0 spiro atoms. The Balaban J connectivity index is 1.00. The van der Waals surface area contributed by atoms with Gasteiger partial charge in [-0.05, 0) is 82.4 Å². The molecule has 0 bridgehead atoms. The number of azide groups is 1. The van der Waals surface area contributed by atoms with E-state index in [1.807, 2.05) is 97.5 Å². The van der Waals surface area contributed by atoms with Crippen molar-refractivity contribution in [2.24, 2.45) is 5.11 Å². The van der Waals surface area contributed by atoms with Gasteiger partial charge in [0, 0.05) is 48.2 Å². The summed E-state index contributed by atoms with van der Waals surface area (Å²) in [5.41, 5.74) is 14.9. The van der Waals surface area contributed by atoms with Gasteiger partial charge in [-0.2, -0.15) is 0 Å². The van der Waals surface area contributed by atoms with Crippen LogP contribution in [0.15, 0.2) is 229 Å². The minimum atomic E-state index is -3.93. The lowest BCUT2D eigenvalue weighted by atomic mass is 9.77. The monoisotopic (exact) mass is 1080 g/mol. The van der Waals surface area contributed by atoms with Gasteiger partial charge in [0.2, 0.25) is 0 Å². The average molecular weight is 1080 g/mol. The molecule has 15 nitrogen and oxygen atoms in total. The van der Waals surface area contributed by atoms with E-state index in [0.717, 1.165) is 58.0 Å². The lowest BCUT2D eigenvalue weighted by Crippen LogP contribution is -2.62. The molecule has 9 aromatic rings. The molecule has 0 saturated carbocycles. The van der Waals surface area contributed by atoms with E-state index in [2.05, 4.69) is 92.4 Å². The SMILES string of the molecule is [N-]=[N+]=NCCCCCOC[C@@H]1O[C@H](OCCc2cn(S(=O)(=O)c3ccccc3)c3ccccc23)[C@H](OCc2cn(C(c3ccccc3)(c3ccccc3)c3ccccc3)cn2)[C@H](OCc2ccccc2)[C@H]1OCc1cccnc1. The Kier molecular flexibility index (Phi) is 18.5. The van der Waals surface area contributed by atoms with E-state index in [-0.39, 0.29) is 37.9 Å². The van der Waals surface area contributed by atoms with Crippen LogP contribution < -0.4 is 0 Å². The molecule has 3 aromatic heterocycles. The summed E-state index contributed by atoms with van der Waals surface area (Å²) in [5, 5.41) is 4.46. The molecule has 0 amide bonds. The van der Waals surface area contributed by atoms with E-state index in [9.17, 15) is 8.42 Å². The normalized spacial score (nSPS) is 17.6. The van der Waals surface area contributed by atoms with Crippen LogP contribution in [0.25, 0.3) is 21.3 Å². The molecule has 1 aliphatic heterocycles. The fourth-order valence-corrected chi connectivity index (χ4v) is 11.8. The van der Waals surface area contributed by atoms with E-state index < -0.39 is 46.3 Å². The number of imidazole rings is 1. The van der Waals surface area contributed by atoms with Gasteiger partial charge in [0.25, 0.3) is 10.0 Å². The van der Waals surface area contributed by atoms with E-state index >= 15 is 0 Å². The molecule has 0 aliphatic carbocycles. The summed E-state index contributed by atoms with van der Waals surface area (Å²) in [6, 6.07) is 60.9. The van der Waals surface area contributed by atoms with Crippen LogP contribution in [0.1, 0.15) is 58.3 Å². The summed E-state index contributed by atoms with van der Waals surface area (Å²) in [6.45, 7) is 1.58. The number of fused-ring (bicyclic) bond motifs is 1. The zero-order chi connectivity index (χ0) is 54.1. The first-order valence-electron chi connectivity index (χ1n) is 26.7. The van der Waals surface area contributed by atoms with Gasteiger partial charge in [-0.15, -0.1) is 0 Å². The fraction of sp³-hybridized carbons (Fsp3) is 0.270. The molecule has 5 atom stereocenters. The molecule has 10 rings (SSSR count). The second-order valence-electron chi connectivity index (χ2n) is 19.3. The second-order valence-corrected chi connectivity index (χ2v) is 21.1. The standard InChI is InChI=1S/C63H63N7O8S/c64-68-67-37-19-6-20-38-73-46-58-59(75-44-49-24-21-36-65-40-49)60(76-43-48-22-7-1-8-23-48)61(62(78-58)74-39-35-50-41-70(57-34-18-17-33-56(50)57)79(71,72)55-31-15-5-16-32-55)77-45-54-42-69(47-66-54)63(51-25-9-2-10-26-51,52-27-11-3-12-28-52)53-29-13-4-14-30-53/h1-5,7-18,21-34,36,40-42,47,58-62H,6,19-20,35,37-39,43-46H2/t58-,59-,60+,61+,62-/m0/s1. The van der Waals surface area contributed by atoms with Gasteiger partial charge in [0.1, 0.15) is 30.0 Å². The van der Waals surface area contributed by atoms with Gasteiger partial charge in [-0.25, -0.2) is 17.4 Å². The van der Waals surface area contributed by atoms with Crippen molar-refractivity contribution in [3.63, 3.8) is 0 Å². The van der Waals surface area contributed by atoms with Crippen molar-refractivity contribution in [3.8, 4) is 0 Å². The number of unbranched alkanes of at least 4 members (excludes halogenated alkanes) is 2. The van der Waals surface area contributed by atoms with Gasteiger partial charge in [-0.1, -0.05) is 175 Å². The number of rotatable bonds is 27. The Morgan fingerprint density at radius 2 is 1.23 bits per heavy atom. The largest absolute Gasteiger partial charge is 0.379 e. The third-order valence-electron chi connectivity index (χ3n) is 14.2. The van der Waals surface area contributed by atoms with Crippen molar-refractivity contribution in [2.75, 3.05) is 26.4 Å². The molecule has 6 aromatic carbocycles. The Morgan fingerprint density at radius 3 is 1.90 bits per heavy atom. The first-order chi connectivity index (χ1) is 38.9. The van der Waals surface area contributed by atoms with Crippen molar-refractivity contribution >= 4 is 20.9 Å². The van der Waals surface area contributed by atoms with Gasteiger partial charge >= 0.3 is 0 Å². The van der Waals surface area contributed by atoms with Crippen LogP contribution >= 0.6 is 0 Å². The van der Waals surface area contributed by atoms with E-state index in [0.29, 0.717) is 30.8 Å². The summed E-state index contributed by atoms with van der Waals surface area (Å²) >= 11 is 0. The third kappa shape index (κ3) is 12.9. The molecule has 0 unspecified atom stereocenters. The number of hydrogen-bond acceptors (Lipinski definition) is 11. The van der Waals surface area contributed by atoms with Crippen LogP contribution in [0.2, 0.25) is 0 Å². The number of aromatic nitrogens is 4. The highest BCUT2D eigenvalue weighted by molar-refractivity contribution is 7.90. The Bertz CT molecular complexity index is 3360. The molecular weight excluding hydrogens is 1010 g/mol. The molecule has 79 heavy (non-hydrogen) atoms. The van der Waals surface area contributed by atoms with Crippen molar-refractivity contribution in [3.05, 3.63) is 269 Å². The highest BCUT2D eigenvalue weighted by Crippen LogP contribution is 2.41. The minimum Gasteiger partial charge on any atom is -0.379 e. The molecule has 404 valence electrons. The van der Waals surface area contributed by atoms with Crippen LogP contribution in [-0.4, -0.2) is 84.0 Å². The van der Waals surface area contributed by atoms with E-state index in [1.54, 1.807) is 48.9 Å². The van der Waals surface area contributed by atoms with Gasteiger partial charge in [0.15, 0.2) is 6.29 Å². The van der Waals surface area contributed by atoms with E-state index in [4.69, 9.17) is 38.9 Å². The fourth-order valence-electron chi connectivity index (χ4n) is 10.4. The zero-order valence-electron chi connectivity index (χ0n) is 43.8. The number of nitrogens with zero attached hydrogens (tertiary/aromatic N) is 7. The number of benzene rings is 6. The van der Waals surface area contributed by atoms with Crippen molar-refractivity contribution in [2.45, 2.75) is 86.6 Å². The molecular formula is C63H63N7O8S. The van der Waals surface area contributed by atoms with Crippen LogP contribution in [-0.2, 0) is 70.2 Å². The lowest BCUT2D eigenvalue weighted by Gasteiger charge is -2.45. The molecule has 0 radical (unpaired) electrons. The second kappa shape index (κ2) is 26.7. The summed E-state index contributed by atoms with van der Waals surface area (Å²) in [4.78, 5) is 12.5. The molecule has 1 fully saturated rings. The van der Waals surface area contributed by atoms with Crippen LogP contribution in [0.3, 0.4) is 0 Å². The molecule has 16 heteroatoms. The van der Waals surface area contributed by atoms with Crippen LogP contribution in [0.4, 0.5) is 0 Å². The Hall–Kier alpha value is -7.76. The number of para-hydroxylation sites is 1. The quantitative estimate of drug-likeness (QED) is 0.0158. The van der Waals surface area contributed by atoms with Crippen molar-refractivity contribution < 1.29 is 36.8 Å². The van der Waals surface area contributed by atoms with Crippen molar-refractivity contribution in [1.82, 2.24) is 18.5 Å². The maximum absolute atomic E-state index is 14.1. The minimum absolute atomic E-state index is 0.0394. The summed E-state index contributed by atoms with van der Waals surface area (Å²) < 4.78 is 73.1. The van der Waals surface area contributed by atoms with Gasteiger partial charge in [-0.3, -0.25) is 4.98 Å². The Labute approximate surface area is 461 Å². The van der Waals surface area contributed by atoms with Crippen molar-refractivity contribution in [1.29, 1.82) is 0 Å². The number of hydrogen-bond donors (Lipinski definition) is 0. The van der Waals surface area contributed by atoms with Gasteiger partial charge < -0.3 is 33.0 Å². The predicted octanol–water partition coefficient (Wildman–Crippen LogP) is 11.8. The third-order valence-corrected chi connectivity index (χ3v) is 15.9. The van der Waals surface area contributed by atoms with Crippen LogP contribution in [0.5, 0.6) is 0 Å². The predicted molar refractivity (Wildman–Crippen MR) is 301 cm³/mol. The maximum atomic E-state index is 14.1. The highest BCUT2D eigenvalue weighted by Gasteiger charge is 2.49. The Morgan fingerprint density at radius 1 is 0.620 bits per heavy atom. The average Bonchev–Trinajstić information content (AvgIpc) is 4.33. The summed E-state index contributed by atoms with van der Waals surface area (Å²) in [6.07, 6.45) is 7.55. The molecule has 4 heterocycles. The zero-order valence-corrected chi connectivity index (χ0v) is 44.6. The molecule has 1 saturated heterocycles. The molecule has 0 N–H and O–H groups in total. The number of ether oxygens (including phenoxy) is 6. The van der Waals surface area contributed by atoms with Gasteiger partial charge in [0.05, 0.1) is 55.5 Å². The lowest BCUT2D eigenvalue weighted by molar-refractivity contribution is -0.328. The smallest absolute Gasteiger partial charge is 0.268 e. The van der Waals surface area contributed by atoms with E-state index in [1.165, 1.54) is 3.97 Å². The molecule has 1 aliphatic rings. The van der Waals surface area contributed by atoms with Crippen LogP contribution in [0, 0.1) is 0 Å². The first kappa shape index (κ1) is 54.6. The summed E-state index contributed by atoms with van der Waals surface area (Å²) in [5.74, 6) is 0. The summed E-state index contributed by atoms with van der Waals surface area (Å²) in [7, 11) is -3.93. The maximum Gasteiger partial charge on any atom is 0.268 e. The number of pyridine rings is 1. The topological polar surface area (TPSA) is 174 Å². The highest BCUT2D eigenvalue weighted by atomic mass is 32.2. The first-order valence-corrected chi connectivity index (χ1v) is 28.1.